The van der Waals surface area contributed by atoms with E-state index in [2.05, 4.69) is 5.32 Å². The second-order valence-electron chi connectivity index (χ2n) is 5.63. The van der Waals surface area contributed by atoms with Gasteiger partial charge in [-0.2, -0.15) is 0 Å². The van der Waals surface area contributed by atoms with Gasteiger partial charge in [-0.25, -0.2) is 4.39 Å². The molecule has 0 aromatic heterocycles. The summed E-state index contributed by atoms with van der Waals surface area (Å²) in [5, 5.41) is 2.64. The third-order valence-electron chi connectivity index (χ3n) is 4.20. The summed E-state index contributed by atoms with van der Waals surface area (Å²) in [6.07, 6.45) is 2.42. The maximum Gasteiger partial charge on any atom is 0.245 e. The summed E-state index contributed by atoms with van der Waals surface area (Å²) in [6, 6.07) is 6.16. The molecule has 0 bridgehead atoms. The number of amides is 2. The van der Waals surface area contributed by atoms with Crippen LogP contribution in [0.3, 0.4) is 0 Å². The standard InChI is InChI=1S/C16H21FN2O2/c1-16(15(21)18-2)10-3-11-19(16)14(20)9-6-12-4-7-13(17)8-5-12/h4-5,7-8H,3,6,9-11H2,1-2H3,(H,18,21)/t16-/m1/s1. The molecule has 1 N–H and O–H groups in total. The van der Waals surface area contributed by atoms with Crippen LogP contribution in [0.4, 0.5) is 4.39 Å². The van der Waals surface area contributed by atoms with Gasteiger partial charge >= 0.3 is 0 Å². The predicted molar refractivity (Wildman–Crippen MR) is 78.1 cm³/mol. The molecule has 1 aromatic rings. The van der Waals surface area contributed by atoms with Crippen LogP contribution in [0, 0.1) is 5.82 Å². The lowest BCUT2D eigenvalue weighted by Gasteiger charge is -2.33. The van der Waals surface area contributed by atoms with Crippen LogP contribution in [0.25, 0.3) is 0 Å². The Kier molecular flexibility index (Phi) is 4.60. The SMILES string of the molecule is CNC(=O)[C@@]1(C)CCCN1C(=O)CCc1ccc(F)cc1. The number of rotatable bonds is 4. The van der Waals surface area contributed by atoms with Crippen molar-refractivity contribution in [2.24, 2.45) is 0 Å². The number of likely N-dealkylation sites (N-methyl/N-ethyl adjacent to an activating group) is 1. The van der Waals surface area contributed by atoms with Crippen LogP contribution in [-0.2, 0) is 16.0 Å². The van der Waals surface area contributed by atoms with Crippen LogP contribution in [0.5, 0.6) is 0 Å². The van der Waals surface area contributed by atoms with E-state index in [9.17, 15) is 14.0 Å². The minimum atomic E-state index is -0.741. The Balaban J connectivity index is 1.99. The molecule has 1 atom stereocenters. The van der Waals surface area contributed by atoms with Crippen LogP contribution < -0.4 is 5.32 Å². The van der Waals surface area contributed by atoms with E-state index in [0.29, 0.717) is 25.8 Å². The molecular formula is C16H21FN2O2. The minimum absolute atomic E-state index is 0.0251. The zero-order valence-electron chi connectivity index (χ0n) is 12.5. The first-order valence-electron chi connectivity index (χ1n) is 7.24. The molecule has 1 aliphatic heterocycles. The Morgan fingerprint density at radius 2 is 2.00 bits per heavy atom. The lowest BCUT2D eigenvalue weighted by atomic mass is 9.97. The molecule has 0 unspecified atom stereocenters. The zero-order chi connectivity index (χ0) is 15.5. The average Bonchev–Trinajstić information content (AvgIpc) is 2.88. The molecule has 1 aromatic carbocycles. The molecule has 114 valence electrons. The van der Waals surface area contributed by atoms with Gasteiger partial charge in [0.05, 0.1) is 0 Å². The molecular weight excluding hydrogens is 271 g/mol. The molecule has 1 fully saturated rings. The molecule has 0 saturated carbocycles. The fraction of sp³-hybridized carbons (Fsp3) is 0.500. The lowest BCUT2D eigenvalue weighted by Crippen LogP contribution is -2.54. The molecule has 0 aliphatic carbocycles. The normalized spacial score (nSPS) is 21.4. The van der Waals surface area contributed by atoms with E-state index >= 15 is 0 Å². The van der Waals surface area contributed by atoms with Crippen molar-refractivity contribution in [3.05, 3.63) is 35.6 Å². The molecule has 5 heteroatoms. The second kappa shape index (κ2) is 6.24. The van der Waals surface area contributed by atoms with Gasteiger partial charge < -0.3 is 10.2 Å². The van der Waals surface area contributed by atoms with E-state index in [1.807, 2.05) is 6.92 Å². The van der Waals surface area contributed by atoms with Gasteiger partial charge in [0.1, 0.15) is 11.4 Å². The van der Waals surface area contributed by atoms with Crippen molar-refractivity contribution >= 4 is 11.8 Å². The quantitative estimate of drug-likeness (QED) is 0.921. The highest BCUT2D eigenvalue weighted by Crippen LogP contribution is 2.30. The molecule has 4 nitrogen and oxygen atoms in total. The van der Waals surface area contributed by atoms with Gasteiger partial charge in [0.25, 0.3) is 0 Å². The summed E-state index contributed by atoms with van der Waals surface area (Å²) in [7, 11) is 1.59. The number of halogens is 1. The number of carbonyl (C=O) groups is 2. The number of carbonyl (C=O) groups excluding carboxylic acids is 2. The topological polar surface area (TPSA) is 49.4 Å². The smallest absolute Gasteiger partial charge is 0.245 e. The summed E-state index contributed by atoms with van der Waals surface area (Å²) in [5.74, 6) is -0.421. The first-order valence-corrected chi connectivity index (χ1v) is 7.24. The Bertz CT molecular complexity index is 530. The molecule has 0 radical (unpaired) electrons. The molecule has 1 aliphatic rings. The Labute approximate surface area is 124 Å². The molecule has 0 spiro atoms. The molecule has 1 saturated heterocycles. The number of nitrogens with one attached hydrogen (secondary N) is 1. The number of likely N-dealkylation sites (tertiary alicyclic amines) is 1. The maximum atomic E-state index is 12.8. The van der Waals surface area contributed by atoms with Crippen LogP contribution >= 0.6 is 0 Å². The van der Waals surface area contributed by atoms with Gasteiger partial charge in [0.15, 0.2) is 0 Å². The van der Waals surface area contributed by atoms with Gasteiger partial charge in [-0.05, 0) is 43.9 Å². The number of hydrogen-bond acceptors (Lipinski definition) is 2. The summed E-state index contributed by atoms with van der Waals surface area (Å²) in [4.78, 5) is 26.1. The largest absolute Gasteiger partial charge is 0.357 e. The van der Waals surface area contributed by atoms with Crippen molar-refractivity contribution < 1.29 is 14.0 Å². The van der Waals surface area contributed by atoms with Gasteiger partial charge in [0, 0.05) is 20.0 Å². The van der Waals surface area contributed by atoms with Crippen LogP contribution in [0.15, 0.2) is 24.3 Å². The van der Waals surface area contributed by atoms with Crippen molar-refractivity contribution in [3.8, 4) is 0 Å². The third-order valence-corrected chi connectivity index (χ3v) is 4.20. The van der Waals surface area contributed by atoms with Crippen molar-refractivity contribution in [2.45, 2.75) is 38.1 Å². The van der Waals surface area contributed by atoms with E-state index in [4.69, 9.17) is 0 Å². The van der Waals surface area contributed by atoms with Crippen molar-refractivity contribution in [1.82, 2.24) is 10.2 Å². The van der Waals surface area contributed by atoms with Crippen molar-refractivity contribution in [2.75, 3.05) is 13.6 Å². The number of aryl methyl sites for hydroxylation is 1. The summed E-state index contributed by atoms with van der Waals surface area (Å²) >= 11 is 0. The average molecular weight is 292 g/mol. The highest BCUT2D eigenvalue weighted by Gasteiger charge is 2.44. The third kappa shape index (κ3) is 3.23. The van der Waals surface area contributed by atoms with Gasteiger partial charge in [-0.3, -0.25) is 9.59 Å². The molecule has 1 heterocycles. The van der Waals surface area contributed by atoms with Gasteiger partial charge in [-0.1, -0.05) is 12.1 Å². The highest BCUT2D eigenvalue weighted by molar-refractivity contribution is 5.91. The van der Waals surface area contributed by atoms with Crippen LogP contribution in [0.2, 0.25) is 0 Å². The molecule has 2 amide bonds. The first kappa shape index (κ1) is 15.5. The summed E-state index contributed by atoms with van der Waals surface area (Å²) < 4.78 is 12.8. The highest BCUT2D eigenvalue weighted by atomic mass is 19.1. The number of benzene rings is 1. The summed E-state index contributed by atoms with van der Waals surface area (Å²) in [6.45, 7) is 2.43. The van der Waals surface area contributed by atoms with E-state index in [0.717, 1.165) is 12.0 Å². The second-order valence-corrected chi connectivity index (χ2v) is 5.63. The van der Waals surface area contributed by atoms with Crippen molar-refractivity contribution in [3.63, 3.8) is 0 Å². The van der Waals surface area contributed by atoms with Gasteiger partial charge in [0.2, 0.25) is 11.8 Å². The van der Waals surface area contributed by atoms with Crippen LogP contribution in [0.1, 0.15) is 31.7 Å². The number of nitrogens with zero attached hydrogens (tertiary/aromatic N) is 1. The number of hydrogen-bond donors (Lipinski definition) is 1. The predicted octanol–water partition coefficient (Wildman–Crippen LogP) is 1.89. The molecule has 2 rings (SSSR count). The van der Waals surface area contributed by atoms with E-state index in [1.165, 1.54) is 12.1 Å². The fourth-order valence-corrected chi connectivity index (χ4v) is 2.91. The Hall–Kier alpha value is -1.91. The van der Waals surface area contributed by atoms with Crippen molar-refractivity contribution in [1.29, 1.82) is 0 Å². The van der Waals surface area contributed by atoms with E-state index in [-0.39, 0.29) is 17.6 Å². The summed E-state index contributed by atoms with van der Waals surface area (Å²) in [5.41, 5.74) is 0.180. The monoisotopic (exact) mass is 292 g/mol. The Morgan fingerprint density at radius 3 is 2.62 bits per heavy atom. The minimum Gasteiger partial charge on any atom is -0.357 e. The van der Waals surface area contributed by atoms with Gasteiger partial charge in [-0.15, -0.1) is 0 Å². The fourth-order valence-electron chi connectivity index (χ4n) is 2.91. The zero-order valence-corrected chi connectivity index (χ0v) is 12.5. The molecule has 21 heavy (non-hydrogen) atoms. The van der Waals surface area contributed by atoms with Crippen LogP contribution in [-0.4, -0.2) is 35.8 Å². The van der Waals surface area contributed by atoms with E-state index < -0.39 is 5.54 Å². The maximum absolute atomic E-state index is 12.8. The Morgan fingerprint density at radius 1 is 1.33 bits per heavy atom. The van der Waals surface area contributed by atoms with E-state index in [1.54, 1.807) is 24.1 Å². The lowest BCUT2D eigenvalue weighted by molar-refractivity contribution is -0.143. The first-order chi connectivity index (χ1) is 9.97.